The number of piperazine rings is 1. The van der Waals surface area contributed by atoms with Crippen molar-refractivity contribution < 1.29 is 22.7 Å². The van der Waals surface area contributed by atoms with Gasteiger partial charge >= 0.3 is 6.18 Å². The molecule has 2 rings (SSSR count). The van der Waals surface area contributed by atoms with E-state index in [2.05, 4.69) is 10.6 Å². The molecule has 1 heterocycles. The molecule has 0 bridgehead atoms. The zero-order valence-electron chi connectivity index (χ0n) is 14.6. The van der Waals surface area contributed by atoms with Crippen LogP contribution in [-0.2, 0) is 4.79 Å². The van der Waals surface area contributed by atoms with Crippen LogP contribution < -0.4 is 15.4 Å². The lowest BCUT2D eigenvalue weighted by Crippen LogP contribution is -2.57. The van der Waals surface area contributed by atoms with Crippen LogP contribution in [-0.4, -0.2) is 62.4 Å². The van der Waals surface area contributed by atoms with E-state index >= 15 is 0 Å². The van der Waals surface area contributed by atoms with Gasteiger partial charge in [-0.2, -0.15) is 13.2 Å². The zero-order valence-corrected chi connectivity index (χ0v) is 15.5. The highest BCUT2D eigenvalue weighted by atomic mass is 35.5. The summed E-state index contributed by atoms with van der Waals surface area (Å²) in [6.07, 6.45) is -4.36. The van der Waals surface area contributed by atoms with E-state index in [1.165, 1.54) is 4.90 Å². The molecule has 148 valence electrons. The maximum atomic E-state index is 13.2. The number of ether oxygens (including phenoxy) is 1. The molecule has 5 nitrogen and oxygen atoms in total. The molecule has 1 aromatic carbocycles. The molecule has 0 saturated carbocycles. The average molecular weight is 396 g/mol. The molecule has 2 N–H and O–H groups in total. The Balaban J connectivity index is 0.00000338. The molecule has 1 unspecified atom stereocenters. The smallest absolute Gasteiger partial charge is 0.405 e. The highest BCUT2D eigenvalue weighted by Gasteiger charge is 2.43. The van der Waals surface area contributed by atoms with Gasteiger partial charge in [-0.15, -0.1) is 12.4 Å². The lowest BCUT2D eigenvalue weighted by atomic mass is 10.2. The second-order valence-electron chi connectivity index (χ2n) is 6.06. The number of nitrogens with zero attached hydrogens (tertiary/aromatic N) is 1. The SMILES string of the molecule is Cc1cccc(OCCC(=O)NCC(N2CCNCC2)C(F)(F)F)c1.Cl. The van der Waals surface area contributed by atoms with Crippen LogP contribution in [0.4, 0.5) is 13.2 Å². The van der Waals surface area contributed by atoms with Gasteiger partial charge in [0, 0.05) is 32.7 Å². The van der Waals surface area contributed by atoms with Crippen molar-refractivity contribution in [3.8, 4) is 5.75 Å². The van der Waals surface area contributed by atoms with Crippen LogP contribution in [0, 0.1) is 6.92 Å². The van der Waals surface area contributed by atoms with Crippen molar-refractivity contribution in [3.05, 3.63) is 29.8 Å². The molecule has 1 aromatic rings. The molecular formula is C17H25ClF3N3O2. The summed E-state index contributed by atoms with van der Waals surface area (Å²) in [5.74, 6) is 0.193. The third-order valence-corrected chi connectivity index (χ3v) is 4.05. The highest BCUT2D eigenvalue weighted by Crippen LogP contribution is 2.24. The summed E-state index contributed by atoms with van der Waals surface area (Å²) in [7, 11) is 0. The summed E-state index contributed by atoms with van der Waals surface area (Å²) in [6.45, 7) is 3.28. The fourth-order valence-corrected chi connectivity index (χ4v) is 2.71. The number of halogens is 4. The number of nitrogens with one attached hydrogen (secondary N) is 2. The van der Waals surface area contributed by atoms with Crippen LogP contribution in [0.3, 0.4) is 0 Å². The van der Waals surface area contributed by atoms with Crippen molar-refractivity contribution in [2.75, 3.05) is 39.3 Å². The first-order chi connectivity index (χ1) is 11.9. The van der Waals surface area contributed by atoms with Crippen molar-refractivity contribution in [1.82, 2.24) is 15.5 Å². The number of carbonyl (C=O) groups excluding carboxylic acids is 1. The fraction of sp³-hybridized carbons (Fsp3) is 0.588. The van der Waals surface area contributed by atoms with Gasteiger partial charge in [0.05, 0.1) is 13.0 Å². The number of carbonyl (C=O) groups is 1. The van der Waals surface area contributed by atoms with Gasteiger partial charge in [0.2, 0.25) is 5.91 Å². The molecule has 1 aliphatic rings. The third-order valence-electron chi connectivity index (χ3n) is 4.05. The van der Waals surface area contributed by atoms with Crippen molar-refractivity contribution in [1.29, 1.82) is 0 Å². The van der Waals surface area contributed by atoms with Gasteiger partial charge in [-0.1, -0.05) is 12.1 Å². The standard InChI is InChI=1S/C17H24F3N3O2.ClH/c1-13-3-2-4-14(11-13)25-10-5-16(24)22-12-15(17(18,19)20)23-8-6-21-7-9-23;/h2-4,11,15,21H,5-10,12H2,1H3,(H,22,24);1H. The fourth-order valence-electron chi connectivity index (χ4n) is 2.71. The average Bonchev–Trinajstić information content (AvgIpc) is 2.55. The first-order valence-electron chi connectivity index (χ1n) is 8.34. The number of hydrogen-bond acceptors (Lipinski definition) is 4. The largest absolute Gasteiger partial charge is 0.493 e. The van der Waals surface area contributed by atoms with Crippen molar-refractivity contribution in [2.45, 2.75) is 25.6 Å². The van der Waals surface area contributed by atoms with Gasteiger partial charge < -0.3 is 15.4 Å². The molecule has 0 aliphatic carbocycles. The van der Waals surface area contributed by atoms with Gasteiger partial charge in [0.25, 0.3) is 0 Å². The van der Waals surface area contributed by atoms with Gasteiger partial charge in [0.1, 0.15) is 11.8 Å². The van der Waals surface area contributed by atoms with E-state index < -0.39 is 24.7 Å². The van der Waals surface area contributed by atoms with E-state index in [0.29, 0.717) is 31.9 Å². The van der Waals surface area contributed by atoms with Crippen LogP contribution in [0.25, 0.3) is 0 Å². The second-order valence-corrected chi connectivity index (χ2v) is 6.06. The Bertz CT molecular complexity index is 566. The van der Waals surface area contributed by atoms with Crippen LogP contribution in [0.15, 0.2) is 24.3 Å². The topological polar surface area (TPSA) is 53.6 Å². The van der Waals surface area contributed by atoms with E-state index in [-0.39, 0.29) is 25.4 Å². The number of amides is 1. The summed E-state index contributed by atoms with van der Waals surface area (Å²) in [5, 5.41) is 5.40. The highest BCUT2D eigenvalue weighted by molar-refractivity contribution is 5.85. The zero-order chi connectivity index (χ0) is 18.3. The Labute approximate surface area is 157 Å². The molecule has 0 radical (unpaired) electrons. The minimum atomic E-state index is -4.37. The van der Waals surface area contributed by atoms with Crippen LogP contribution in [0.5, 0.6) is 5.75 Å². The Morgan fingerprint density at radius 2 is 2.04 bits per heavy atom. The first-order valence-corrected chi connectivity index (χ1v) is 8.34. The maximum absolute atomic E-state index is 13.2. The Morgan fingerprint density at radius 3 is 2.65 bits per heavy atom. The van der Waals surface area contributed by atoms with Gasteiger partial charge in [0.15, 0.2) is 0 Å². The second kappa shape index (κ2) is 10.6. The normalized spacial score (nSPS) is 16.5. The number of hydrogen-bond donors (Lipinski definition) is 2. The molecular weight excluding hydrogens is 371 g/mol. The number of alkyl halides is 3. The van der Waals surface area contributed by atoms with Crippen molar-refractivity contribution >= 4 is 18.3 Å². The summed E-state index contributed by atoms with van der Waals surface area (Å²) in [5.41, 5.74) is 1.03. The third kappa shape index (κ3) is 7.39. The maximum Gasteiger partial charge on any atom is 0.405 e. The minimum absolute atomic E-state index is 0. The molecule has 0 aromatic heterocycles. The Kier molecular flexibility index (Phi) is 9.18. The quantitative estimate of drug-likeness (QED) is 0.742. The van der Waals surface area contributed by atoms with Crippen molar-refractivity contribution in [3.63, 3.8) is 0 Å². The molecule has 1 aliphatic heterocycles. The number of benzene rings is 1. The van der Waals surface area contributed by atoms with Gasteiger partial charge in [-0.3, -0.25) is 9.69 Å². The monoisotopic (exact) mass is 395 g/mol. The van der Waals surface area contributed by atoms with E-state index in [0.717, 1.165) is 5.56 Å². The summed E-state index contributed by atoms with van der Waals surface area (Å²) in [6, 6.07) is 5.71. The summed E-state index contributed by atoms with van der Waals surface area (Å²) >= 11 is 0. The lowest BCUT2D eigenvalue weighted by Gasteiger charge is -2.35. The van der Waals surface area contributed by atoms with Crippen molar-refractivity contribution in [2.24, 2.45) is 0 Å². The molecule has 1 fully saturated rings. The summed E-state index contributed by atoms with van der Waals surface area (Å²) < 4.78 is 45.1. The van der Waals surface area contributed by atoms with Crippen LogP contribution in [0.2, 0.25) is 0 Å². The molecule has 26 heavy (non-hydrogen) atoms. The van der Waals surface area contributed by atoms with E-state index in [4.69, 9.17) is 4.74 Å². The first kappa shape index (κ1) is 22.5. The molecule has 1 saturated heterocycles. The minimum Gasteiger partial charge on any atom is -0.493 e. The lowest BCUT2D eigenvalue weighted by molar-refractivity contribution is -0.184. The van der Waals surface area contributed by atoms with Crippen LogP contribution >= 0.6 is 12.4 Å². The Hall–Kier alpha value is -1.51. The predicted octanol–water partition coefficient (Wildman–Crippen LogP) is 2.14. The number of aryl methyl sites for hydroxylation is 1. The molecule has 1 amide bonds. The predicted molar refractivity (Wildman–Crippen MR) is 95.8 cm³/mol. The molecule has 0 spiro atoms. The van der Waals surface area contributed by atoms with Gasteiger partial charge in [-0.25, -0.2) is 0 Å². The Morgan fingerprint density at radius 1 is 1.35 bits per heavy atom. The summed E-state index contributed by atoms with van der Waals surface area (Å²) in [4.78, 5) is 13.2. The van der Waals surface area contributed by atoms with Gasteiger partial charge in [-0.05, 0) is 24.6 Å². The van der Waals surface area contributed by atoms with Crippen LogP contribution in [0.1, 0.15) is 12.0 Å². The molecule has 9 heteroatoms. The van der Waals surface area contributed by atoms with E-state index in [1.807, 2.05) is 25.1 Å². The van der Waals surface area contributed by atoms with E-state index in [1.54, 1.807) is 6.07 Å². The molecule has 1 atom stereocenters. The van der Waals surface area contributed by atoms with E-state index in [9.17, 15) is 18.0 Å². The number of rotatable bonds is 7.